The Kier molecular flexibility index (Phi) is 2.65. The van der Waals surface area contributed by atoms with Gasteiger partial charge in [-0.05, 0) is 54.8 Å². The minimum Gasteiger partial charge on any atom is -0.444 e. The van der Waals surface area contributed by atoms with E-state index >= 15 is 0 Å². The predicted octanol–water partition coefficient (Wildman–Crippen LogP) is 4.74. The molecule has 2 unspecified atom stereocenters. The molecule has 112 valence electrons. The Morgan fingerprint density at radius 3 is 1.95 bits per heavy atom. The predicted molar refractivity (Wildman–Crippen MR) is 86.6 cm³/mol. The number of nitrogens with zero attached hydrogens (tertiary/aromatic N) is 1. The third-order valence-corrected chi connectivity index (χ3v) is 4.27. The number of carbonyl (C=O) groups excluding carboxylic acids is 1. The molecule has 3 heteroatoms. The second-order valence-electron chi connectivity index (χ2n) is 6.99. The van der Waals surface area contributed by atoms with E-state index in [9.17, 15) is 4.79 Å². The van der Waals surface area contributed by atoms with E-state index < -0.39 is 5.60 Å². The van der Waals surface area contributed by atoms with E-state index in [2.05, 4.69) is 36.4 Å². The van der Waals surface area contributed by atoms with E-state index in [1.54, 1.807) is 0 Å². The molecule has 0 aliphatic carbocycles. The van der Waals surface area contributed by atoms with Crippen LogP contribution in [0.3, 0.4) is 0 Å². The van der Waals surface area contributed by atoms with Crippen LogP contribution in [0.5, 0.6) is 0 Å². The number of hydrogen-bond donors (Lipinski definition) is 0. The Hall–Kier alpha value is -2.29. The van der Waals surface area contributed by atoms with Crippen molar-refractivity contribution >= 4 is 16.9 Å². The molecule has 3 nitrogen and oxygen atoms in total. The number of fused-ring (bicyclic) bond motifs is 6. The molecule has 2 aliphatic heterocycles. The molecule has 22 heavy (non-hydrogen) atoms. The minimum atomic E-state index is -0.476. The lowest BCUT2D eigenvalue weighted by molar-refractivity contribution is 0.0196. The van der Waals surface area contributed by atoms with Crippen molar-refractivity contribution in [1.82, 2.24) is 4.90 Å². The highest BCUT2D eigenvalue weighted by molar-refractivity contribution is 5.86. The molecule has 0 N–H and O–H groups in total. The average molecular weight is 293 g/mol. The highest BCUT2D eigenvalue weighted by atomic mass is 16.6. The first-order chi connectivity index (χ1) is 10.4. The Labute approximate surface area is 130 Å². The summed E-state index contributed by atoms with van der Waals surface area (Å²) in [5, 5.41) is 2.43. The molecule has 0 saturated heterocycles. The van der Waals surface area contributed by atoms with Gasteiger partial charge in [0, 0.05) is 0 Å². The van der Waals surface area contributed by atoms with Crippen LogP contribution in [-0.2, 0) is 4.74 Å². The summed E-state index contributed by atoms with van der Waals surface area (Å²) in [4.78, 5) is 14.4. The Bertz CT molecular complexity index is 748. The molecule has 0 aromatic heterocycles. The van der Waals surface area contributed by atoms with Crippen LogP contribution in [0.2, 0.25) is 0 Å². The molecule has 0 spiro atoms. The van der Waals surface area contributed by atoms with E-state index in [-0.39, 0.29) is 18.2 Å². The number of amides is 1. The van der Waals surface area contributed by atoms with Gasteiger partial charge in [0.1, 0.15) is 5.60 Å². The van der Waals surface area contributed by atoms with Crippen molar-refractivity contribution in [3.05, 3.63) is 59.7 Å². The maximum absolute atomic E-state index is 12.5. The van der Waals surface area contributed by atoms with Gasteiger partial charge in [-0.3, -0.25) is 4.90 Å². The third-order valence-electron chi connectivity index (χ3n) is 4.27. The first-order valence-corrected chi connectivity index (χ1v) is 7.66. The van der Waals surface area contributed by atoms with Gasteiger partial charge < -0.3 is 4.74 Å². The van der Waals surface area contributed by atoms with Gasteiger partial charge in [-0.1, -0.05) is 36.4 Å². The highest BCUT2D eigenvalue weighted by Crippen LogP contribution is 2.50. The van der Waals surface area contributed by atoms with Crippen molar-refractivity contribution in [3.8, 4) is 0 Å². The second-order valence-corrected chi connectivity index (χ2v) is 6.99. The zero-order chi connectivity index (χ0) is 15.5. The second kappa shape index (κ2) is 4.35. The van der Waals surface area contributed by atoms with Gasteiger partial charge in [0.05, 0.1) is 12.1 Å². The van der Waals surface area contributed by atoms with Crippen molar-refractivity contribution < 1.29 is 9.53 Å². The van der Waals surface area contributed by atoms with Crippen molar-refractivity contribution in [3.63, 3.8) is 0 Å². The fraction of sp³-hybridized carbons (Fsp3) is 0.316. The van der Waals surface area contributed by atoms with Gasteiger partial charge in [0.25, 0.3) is 0 Å². The number of ether oxygens (including phenoxy) is 1. The molecule has 0 radical (unpaired) electrons. The zero-order valence-electron chi connectivity index (χ0n) is 13.0. The van der Waals surface area contributed by atoms with Gasteiger partial charge in [0.15, 0.2) is 0 Å². The summed E-state index contributed by atoms with van der Waals surface area (Å²) < 4.78 is 5.58. The molecule has 0 saturated carbocycles. The molecule has 2 atom stereocenters. The molecule has 0 fully saturated rings. The van der Waals surface area contributed by atoms with Crippen LogP contribution < -0.4 is 0 Å². The summed E-state index contributed by atoms with van der Waals surface area (Å²) in [7, 11) is 0. The Morgan fingerprint density at radius 1 is 1.00 bits per heavy atom. The van der Waals surface area contributed by atoms with E-state index in [4.69, 9.17) is 4.74 Å². The van der Waals surface area contributed by atoms with Crippen LogP contribution in [0, 0.1) is 0 Å². The van der Waals surface area contributed by atoms with Gasteiger partial charge in [0.2, 0.25) is 0 Å². The molecule has 2 bridgehead atoms. The SMILES string of the molecule is CC(C)(C)OC(=O)N1C2C=CC1c1cc3ccccc3cc12. The summed E-state index contributed by atoms with van der Waals surface area (Å²) in [6.07, 6.45) is 3.96. The first kappa shape index (κ1) is 13.4. The maximum Gasteiger partial charge on any atom is 0.411 e. The largest absolute Gasteiger partial charge is 0.444 e. The van der Waals surface area contributed by atoms with Crippen LogP contribution in [0.25, 0.3) is 10.8 Å². The monoisotopic (exact) mass is 293 g/mol. The fourth-order valence-electron chi connectivity index (χ4n) is 3.41. The molecule has 1 amide bonds. The smallest absolute Gasteiger partial charge is 0.411 e. The van der Waals surface area contributed by atoms with Gasteiger partial charge in [-0.25, -0.2) is 4.79 Å². The summed E-state index contributed by atoms with van der Waals surface area (Å²) in [5.74, 6) is 0. The maximum atomic E-state index is 12.5. The van der Waals surface area contributed by atoms with Crippen LogP contribution >= 0.6 is 0 Å². The zero-order valence-corrected chi connectivity index (χ0v) is 13.0. The van der Waals surface area contributed by atoms with Crippen LogP contribution in [0.1, 0.15) is 44.0 Å². The number of benzene rings is 2. The summed E-state index contributed by atoms with van der Waals surface area (Å²) in [5.41, 5.74) is 1.96. The van der Waals surface area contributed by atoms with Crippen LogP contribution in [0.15, 0.2) is 48.6 Å². The highest BCUT2D eigenvalue weighted by Gasteiger charge is 2.44. The molecule has 2 heterocycles. The fourth-order valence-corrected chi connectivity index (χ4v) is 3.41. The molecule has 4 rings (SSSR count). The molecule has 2 aliphatic rings. The first-order valence-electron chi connectivity index (χ1n) is 7.66. The summed E-state index contributed by atoms with van der Waals surface area (Å²) in [6, 6.07) is 12.7. The number of hydrogen-bond acceptors (Lipinski definition) is 2. The van der Waals surface area contributed by atoms with Gasteiger partial charge >= 0.3 is 6.09 Å². The Morgan fingerprint density at radius 2 is 1.50 bits per heavy atom. The molecule has 2 aromatic carbocycles. The number of carbonyl (C=O) groups is 1. The lowest BCUT2D eigenvalue weighted by atomic mass is 9.93. The quantitative estimate of drug-likeness (QED) is 0.656. The van der Waals surface area contributed by atoms with Gasteiger partial charge in [-0.2, -0.15) is 0 Å². The minimum absolute atomic E-state index is 0.000504. The third kappa shape index (κ3) is 1.92. The standard InChI is InChI=1S/C19H19NO2/c1-19(2,3)22-18(21)20-16-8-9-17(20)15-11-13-7-5-4-6-12(13)10-14(15)16/h4-11,16-17H,1-3H3. The van der Waals surface area contributed by atoms with Crippen molar-refractivity contribution in [1.29, 1.82) is 0 Å². The van der Waals surface area contributed by atoms with E-state index in [0.29, 0.717) is 0 Å². The Balaban J connectivity index is 1.75. The normalized spacial score (nSPS) is 22.2. The number of rotatable bonds is 0. The molecule has 2 aromatic rings. The lowest BCUT2D eigenvalue weighted by Gasteiger charge is -2.27. The molecular formula is C19H19NO2. The van der Waals surface area contributed by atoms with Crippen molar-refractivity contribution in [2.24, 2.45) is 0 Å². The van der Waals surface area contributed by atoms with Gasteiger partial charge in [-0.15, -0.1) is 0 Å². The summed E-state index contributed by atoms with van der Waals surface area (Å²) in [6.45, 7) is 5.70. The van der Waals surface area contributed by atoms with E-state index in [1.165, 1.54) is 21.9 Å². The van der Waals surface area contributed by atoms with Crippen molar-refractivity contribution in [2.45, 2.75) is 38.5 Å². The van der Waals surface area contributed by atoms with Crippen molar-refractivity contribution in [2.75, 3.05) is 0 Å². The lowest BCUT2D eigenvalue weighted by Crippen LogP contribution is -2.35. The topological polar surface area (TPSA) is 29.5 Å². The van der Waals surface area contributed by atoms with E-state index in [0.717, 1.165) is 0 Å². The summed E-state index contributed by atoms with van der Waals surface area (Å²) >= 11 is 0. The van der Waals surface area contributed by atoms with E-state index in [1.807, 2.05) is 37.8 Å². The van der Waals surface area contributed by atoms with Crippen LogP contribution in [0.4, 0.5) is 4.79 Å². The average Bonchev–Trinajstić information content (AvgIpc) is 3.00. The molecular weight excluding hydrogens is 274 g/mol. The van der Waals surface area contributed by atoms with Crippen LogP contribution in [-0.4, -0.2) is 16.6 Å².